The van der Waals surface area contributed by atoms with Gasteiger partial charge in [-0.15, -0.1) is 0 Å². The fourth-order valence-electron chi connectivity index (χ4n) is 2.91. The number of esters is 2. The van der Waals surface area contributed by atoms with E-state index in [1.807, 2.05) is 52.8 Å². The molecule has 1 atom stereocenters. The lowest BCUT2D eigenvalue weighted by Crippen LogP contribution is -2.44. The Labute approximate surface area is 165 Å². The first-order valence-electron chi connectivity index (χ1n) is 9.43. The van der Waals surface area contributed by atoms with Gasteiger partial charge in [0.25, 0.3) is 0 Å². The number of methoxy groups -OCH3 is 1. The van der Waals surface area contributed by atoms with Crippen LogP contribution in [0, 0.1) is 11.3 Å². The second kappa shape index (κ2) is 9.35. The Bertz CT molecular complexity index is 669. The fourth-order valence-corrected chi connectivity index (χ4v) is 6.04. The zero-order valence-corrected chi connectivity index (χ0v) is 19.0. The van der Waals surface area contributed by atoms with Gasteiger partial charge in [-0.2, -0.15) is 0 Å². The summed E-state index contributed by atoms with van der Waals surface area (Å²) in [6.07, 6.45) is 1.11. The molecular formula is C22H34O4Si. The monoisotopic (exact) mass is 390 g/mol. The second-order valence-electron chi connectivity index (χ2n) is 8.99. The van der Waals surface area contributed by atoms with E-state index in [4.69, 9.17) is 9.47 Å². The van der Waals surface area contributed by atoms with E-state index in [0.29, 0.717) is 0 Å². The minimum absolute atomic E-state index is 0.0507. The molecule has 0 spiro atoms. The summed E-state index contributed by atoms with van der Waals surface area (Å²) in [6.45, 7) is 13.9. The molecule has 1 unspecified atom stereocenters. The third-order valence-corrected chi connectivity index (χ3v) is 7.79. The van der Waals surface area contributed by atoms with E-state index in [-0.39, 0.29) is 11.9 Å². The van der Waals surface area contributed by atoms with Gasteiger partial charge in [-0.1, -0.05) is 62.8 Å². The summed E-state index contributed by atoms with van der Waals surface area (Å²) in [7, 11) is -0.753. The number of hydrogen-bond acceptors (Lipinski definition) is 4. The van der Waals surface area contributed by atoms with Gasteiger partial charge in [0.15, 0.2) is 0 Å². The number of carbonyl (C=O) groups is 2. The largest absolute Gasteiger partial charge is 0.466 e. The lowest BCUT2D eigenvalue weighted by atomic mass is 9.97. The molecule has 0 aliphatic heterocycles. The molecule has 1 aromatic carbocycles. The predicted octanol–water partition coefficient (Wildman–Crippen LogP) is 4.73. The molecule has 0 radical (unpaired) electrons. The van der Waals surface area contributed by atoms with Crippen molar-refractivity contribution in [3.8, 4) is 0 Å². The molecule has 0 heterocycles. The van der Waals surface area contributed by atoms with Crippen molar-refractivity contribution in [3.63, 3.8) is 0 Å². The third-order valence-electron chi connectivity index (χ3n) is 4.50. The Kier molecular flexibility index (Phi) is 8.02. The minimum Gasteiger partial charge on any atom is -0.466 e. The molecule has 27 heavy (non-hydrogen) atoms. The summed E-state index contributed by atoms with van der Waals surface area (Å²) in [5.41, 5.74) is 0.615. The molecule has 1 aromatic rings. The summed E-state index contributed by atoms with van der Waals surface area (Å²) in [6, 6.07) is 11.1. The molecular weight excluding hydrogens is 356 g/mol. The SMILES string of the molecule is COC(=O)/C=C(/C(OC(=O)C(C)(C)C)C(C)C)[Si](C)(C)Cc1ccccc1. The van der Waals surface area contributed by atoms with Crippen molar-refractivity contribution in [1.82, 2.24) is 0 Å². The highest BCUT2D eigenvalue weighted by Crippen LogP contribution is 2.30. The van der Waals surface area contributed by atoms with Crippen LogP contribution in [0.15, 0.2) is 41.6 Å². The maximum atomic E-state index is 12.6. The van der Waals surface area contributed by atoms with Crippen LogP contribution in [0.2, 0.25) is 13.1 Å². The van der Waals surface area contributed by atoms with Gasteiger partial charge < -0.3 is 9.47 Å². The van der Waals surface area contributed by atoms with E-state index in [9.17, 15) is 9.59 Å². The van der Waals surface area contributed by atoms with E-state index < -0.39 is 25.6 Å². The summed E-state index contributed by atoms with van der Waals surface area (Å²) in [5, 5.41) is 0.908. The molecule has 0 aromatic heterocycles. The molecule has 150 valence electrons. The van der Waals surface area contributed by atoms with Crippen LogP contribution in [-0.2, 0) is 25.1 Å². The second-order valence-corrected chi connectivity index (χ2v) is 13.7. The smallest absolute Gasteiger partial charge is 0.330 e. The van der Waals surface area contributed by atoms with Crippen molar-refractivity contribution in [3.05, 3.63) is 47.2 Å². The van der Waals surface area contributed by atoms with E-state index in [1.165, 1.54) is 12.7 Å². The maximum Gasteiger partial charge on any atom is 0.330 e. The first-order valence-corrected chi connectivity index (χ1v) is 12.6. The van der Waals surface area contributed by atoms with Gasteiger partial charge >= 0.3 is 11.9 Å². The molecule has 0 bridgehead atoms. The topological polar surface area (TPSA) is 52.6 Å². The Balaban J connectivity index is 3.33. The molecule has 0 amide bonds. The number of ether oxygens (including phenoxy) is 2. The van der Waals surface area contributed by atoms with Crippen LogP contribution in [0.1, 0.15) is 40.2 Å². The molecule has 4 nitrogen and oxygen atoms in total. The molecule has 5 heteroatoms. The van der Waals surface area contributed by atoms with Crippen molar-refractivity contribution in [2.45, 2.75) is 59.9 Å². The first kappa shape index (κ1) is 23.2. The molecule has 0 aliphatic rings. The standard InChI is InChI=1S/C22H34O4Si/c1-16(2)20(26-21(24)22(3,4)5)18(14-19(23)25-6)27(7,8)15-17-12-10-9-11-13-17/h9-14,16,20H,15H2,1-8H3/b18-14-. The molecule has 0 N–H and O–H groups in total. The number of carbonyl (C=O) groups excluding carboxylic acids is 2. The van der Waals surface area contributed by atoms with E-state index in [0.717, 1.165) is 11.2 Å². The predicted molar refractivity (Wildman–Crippen MR) is 112 cm³/mol. The number of hydrogen-bond donors (Lipinski definition) is 0. The summed E-state index contributed by atoms with van der Waals surface area (Å²) < 4.78 is 10.8. The highest BCUT2D eigenvalue weighted by atomic mass is 28.3. The van der Waals surface area contributed by atoms with Gasteiger partial charge in [0.05, 0.1) is 20.6 Å². The van der Waals surface area contributed by atoms with Crippen LogP contribution in [0.3, 0.4) is 0 Å². The average Bonchev–Trinajstić information content (AvgIpc) is 2.56. The van der Waals surface area contributed by atoms with E-state index in [2.05, 4.69) is 25.2 Å². The van der Waals surface area contributed by atoms with Crippen molar-refractivity contribution >= 4 is 20.0 Å². The van der Waals surface area contributed by atoms with Gasteiger partial charge in [-0.05, 0) is 37.9 Å². The van der Waals surface area contributed by atoms with Crippen molar-refractivity contribution in [2.75, 3.05) is 7.11 Å². The lowest BCUT2D eigenvalue weighted by molar-refractivity contribution is -0.158. The molecule has 0 saturated carbocycles. The Morgan fingerprint density at radius 3 is 2.11 bits per heavy atom. The van der Waals surface area contributed by atoms with Crippen LogP contribution >= 0.6 is 0 Å². The molecule has 0 saturated heterocycles. The molecule has 1 rings (SSSR count). The van der Waals surface area contributed by atoms with Gasteiger partial charge in [0.1, 0.15) is 6.10 Å². The van der Waals surface area contributed by atoms with Crippen LogP contribution in [0.4, 0.5) is 0 Å². The minimum atomic E-state index is -2.12. The van der Waals surface area contributed by atoms with Crippen molar-refractivity contribution in [2.24, 2.45) is 11.3 Å². The first-order chi connectivity index (χ1) is 12.4. The Hall–Kier alpha value is -1.88. The summed E-state index contributed by atoms with van der Waals surface area (Å²) in [5.74, 6) is -0.618. The van der Waals surface area contributed by atoms with E-state index in [1.54, 1.807) is 6.08 Å². The van der Waals surface area contributed by atoms with Crippen LogP contribution in [-0.4, -0.2) is 33.2 Å². The number of rotatable bonds is 7. The number of benzene rings is 1. The van der Waals surface area contributed by atoms with Crippen molar-refractivity contribution < 1.29 is 19.1 Å². The lowest BCUT2D eigenvalue weighted by Gasteiger charge is -2.35. The highest BCUT2D eigenvalue weighted by molar-refractivity contribution is 6.84. The fraction of sp³-hybridized carbons (Fsp3) is 0.545. The van der Waals surface area contributed by atoms with Crippen LogP contribution in [0.25, 0.3) is 0 Å². The summed E-state index contributed by atoms with van der Waals surface area (Å²) >= 11 is 0. The normalized spacial score (nSPS) is 14.0. The van der Waals surface area contributed by atoms with Gasteiger partial charge in [0.2, 0.25) is 0 Å². The van der Waals surface area contributed by atoms with Crippen molar-refractivity contribution in [1.29, 1.82) is 0 Å². The van der Waals surface area contributed by atoms with Gasteiger partial charge in [-0.3, -0.25) is 4.79 Å². The summed E-state index contributed by atoms with van der Waals surface area (Å²) in [4.78, 5) is 24.7. The molecule has 0 fully saturated rings. The maximum absolute atomic E-state index is 12.6. The third kappa shape index (κ3) is 6.98. The highest BCUT2D eigenvalue weighted by Gasteiger charge is 2.38. The average molecular weight is 391 g/mol. The van der Waals surface area contributed by atoms with E-state index >= 15 is 0 Å². The zero-order valence-electron chi connectivity index (χ0n) is 18.0. The van der Waals surface area contributed by atoms with Gasteiger partial charge in [-0.25, -0.2) is 4.79 Å². The Morgan fingerprint density at radius 2 is 1.67 bits per heavy atom. The zero-order chi connectivity index (χ0) is 20.8. The quantitative estimate of drug-likeness (QED) is 0.384. The van der Waals surface area contributed by atoms with Gasteiger partial charge in [0, 0.05) is 6.08 Å². The van der Waals surface area contributed by atoms with Crippen LogP contribution in [0.5, 0.6) is 0 Å². The van der Waals surface area contributed by atoms with Crippen LogP contribution < -0.4 is 0 Å². The molecule has 0 aliphatic carbocycles. The Morgan fingerprint density at radius 1 is 1.11 bits per heavy atom.